The summed E-state index contributed by atoms with van der Waals surface area (Å²) in [7, 11) is 0. The summed E-state index contributed by atoms with van der Waals surface area (Å²) in [4.78, 5) is 84.0. The van der Waals surface area contributed by atoms with Crippen LogP contribution in [0.4, 0.5) is 9.18 Å². The lowest BCUT2D eigenvalue weighted by Gasteiger charge is -2.39. The van der Waals surface area contributed by atoms with Crippen molar-refractivity contribution in [3.05, 3.63) is 42.1 Å². The summed E-state index contributed by atoms with van der Waals surface area (Å²) in [6.07, 6.45) is -0.472. The Bertz CT molecular complexity index is 1520. The highest BCUT2D eigenvalue weighted by Crippen LogP contribution is 2.22. The van der Waals surface area contributed by atoms with Crippen molar-refractivity contribution in [2.75, 3.05) is 52.6 Å². The molecular weight excluding hydrogens is 661 g/mol. The molecule has 2 fully saturated rings. The molecule has 2 saturated heterocycles. The number of hydrogen-bond acceptors (Lipinski definition) is 11. The number of carbonyl (C=O) groups is 6. The topological polar surface area (TPSA) is 202 Å². The highest BCUT2D eigenvalue weighted by molar-refractivity contribution is 5.96. The molecule has 4 rings (SSSR count). The number of hydroxylamine groups is 2. The van der Waals surface area contributed by atoms with Crippen molar-refractivity contribution < 1.29 is 52.6 Å². The fraction of sp³-hybridized carbons (Fsp3) is 0.531. The van der Waals surface area contributed by atoms with E-state index in [0.29, 0.717) is 25.1 Å². The second-order valence-electron chi connectivity index (χ2n) is 11.6. The van der Waals surface area contributed by atoms with Crippen LogP contribution in [0.25, 0.3) is 5.69 Å². The van der Waals surface area contributed by atoms with Gasteiger partial charge in [-0.25, -0.2) is 13.9 Å². The molecule has 0 radical (unpaired) electrons. The summed E-state index contributed by atoms with van der Waals surface area (Å²) in [6, 6.07) is 7.51. The first-order valence-electron chi connectivity index (χ1n) is 16.4. The molecule has 0 bridgehead atoms. The number of benzene rings is 1. The standard InChI is InChI=1S/C32H42FN7O10/c1-3-48-32(47)50-39-17-16-37(19-21(39)2)31(46)23(11-12-28(42)43)35-29(44)24-18-27(40(36-24)22-8-5-4-6-9-22)49-20-26(41)38-15-7-10-25(38)30(45)34-14-13-33/h4-6,8-9,18,21,23,25H,3,7,10-17,19-20H2,1-2H3,(H,34,45)(H,35,44)(H,42,43)/t21-,23+,25+/m1/s1. The van der Waals surface area contributed by atoms with Crippen molar-refractivity contribution in [3.8, 4) is 11.6 Å². The average Bonchev–Trinajstić information content (AvgIpc) is 3.77. The van der Waals surface area contributed by atoms with Gasteiger partial charge in [0, 0.05) is 38.7 Å². The number of aromatic nitrogens is 2. The predicted molar refractivity (Wildman–Crippen MR) is 172 cm³/mol. The molecular formula is C32H42FN7O10. The molecule has 0 saturated carbocycles. The zero-order valence-electron chi connectivity index (χ0n) is 27.9. The van der Waals surface area contributed by atoms with Crippen LogP contribution in [0.1, 0.15) is 50.0 Å². The van der Waals surface area contributed by atoms with Gasteiger partial charge in [-0.3, -0.25) is 24.0 Å². The van der Waals surface area contributed by atoms with E-state index < -0.39 is 73.6 Å². The molecule has 0 aliphatic carbocycles. The van der Waals surface area contributed by atoms with Crippen LogP contribution < -0.4 is 15.4 Å². The summed E-state index contributed by atoms with van der Waals surface area (Å²) >= 11 is 0. The number of carboxylic acids is 1. The number of likely N-dealkylation sites (tertiary alicyclic amines) is 1. The number of halogens is 1. The first-order chi connectivity index (χ1) is 24.0. The van der Waals surface area contributed by atoms with Gasteiger partial charge in [-0.2, -0.15) is 5.10 Å². The monoisotopic (exact) mass is 703 g/mol. The number of carbonyl (C=O) groups excluding carboxylic acids is 5. The van der Waals surface area contributed by atoms with E-state index in [1.165, 1.54) is 25.6 Å². The Labute approximate surface area is 287 Å². The first-order valence-corrected chi connectivity index (χ1v) is 16.4. The normalized spacial score (nSPS) is 18.2. The van der Waals surface area contributed by atoms with Crippen molar-refractivity contribution in [1.82, 2.24) is 35.3 Å². The molecule has 2 aliphatic heterocycles. The minimum absolute atomic E-state index is 0.0206. The second kappa shape index (κ2) is 17.9. The molecule has 17 nitrogen and oxygen atoms in total. The van der Waals surface area contributed by atoms with Gasteiger partial charge in [0.1, 0.15) is 18.8 Å². The number of hydrogen-bond donors (Lipinski definition) is 3. The second-order valence-corrected chi connectivity index (χ2v) is 11.6. The van der Waals surface area contributed by atoms with Crippen LogP contribution in [-0.4, -0.2) is 136 Å². The van der Waals surface area contributed by atoms with Crippen LogP contribution in [0.3, 0.4) is 0 Å². The number of aliphatic carboxylic acids is 1. The number of rotatable bonds is 15. The third kappa shape index (κ3) is 9.90. The summed E-state index contributed by atoms with van der Waals surface area (Å²) < 4.78 is 24.5. The molecule has 2 aliphatic rings. The van der Waals surface area contributed by atoms with E-state index in [-0.39, 0.29) is 50.8 Å². The van der Waals surface area contributed by atoms with Crippen LogP contribution in [0, 0.1) is 0 Å². The predicted octanol–water partition coefficient (Wildman–Crippen LogP) is 0.912. The van der Waals surface area contributed by atoms with Crippen molar-refractivity contribution in [2.45, 2.75) is 57.7 Å². The maximum absolute atomic E-state index is 13.6. The van der Waals surface area contributed by atoms with Crippen LogP contribution in [0.15, 0.2) is 36.4 Å². The Morgan fingerprint density at radius 2 is 1.86 bits per heavy atom. The molecule has 3 atom stereocenters. The summed E-state index contributed by atoms with van der Waals surface area (Å²) in [5.74, 6) is -3.39. The van der Waals surface area contributed by atoms with E-state index >= 15 is 0 Å². The lowest BCUT2D eigenvalue weighted by molar-refractivity contribution is -0.176. The zero-order valence-corrected chi connectivity index (χ0v) is 27.9. The largest absolute Gasteiger partial charge is 0.527 e. The van der Waals surface area contributed by atoms with Gasteiger partial charge in [0.2, 0.25) is 17.7 Å². The van der Waals surface area contributed by atoms with Gasteiger partial charge in [-0.05, 0) is 45.2 Å². The quantitative estimate of drug-likeness (QED) is 0.222. The van der Waals surface area contributed by atoms with Gasteiger partial charge < -0.3 is 39.9 Å². The van der Waals surface area contributed by atoms with Gasteiger partial charge >= 0.3 is 12.1 Å². The van der Waals surface area contributed by atoms with Gasteiger partial charge in [0.15, 0.2) is 12.3 Å². The number of para-hydroxylation sites is 1. The number of ether oxygens (including phenoxy) is 2. The van der Waals surface area contributed by atoms with E-state index in [2.05, 4.69) is 15.7 Å². The lowest BCUT2D eigenvalue weighted by Crippen LogP contribution is -2.58. The first kappa shape index (κ1) is 37.6. The number of alkyl halides is 1. The zero-order chi connectivity index (χ0) is 36.2. The molecule has 3 heterocycles. The van der Waals surface area contributed by atoms with Gasteiger partial charge in [-0.15, -0.1) is 5.06 Å². The summed E-state index contributed by atoms with van der Waals surface area (Å²) in [5, 5.41) is 20.2. The Morgan fingerprint density at radius 1 is 1.10 bits per heavy atom. The third-order valence-corrected chi connectivity index (χ3v) is 8.11. The minimum Gasteiger partial charge on any atom is -0.481 e. The number of carboxylic acid groups (broad SMARTS) is 1. The Morgan fingerprint density at radius 3 is 2.54 bits per heavy atom. The highest BCUT2D eigenvalue weighted by atomic mass is 19.1. The SMILES string of the molecule is CCOC(=O)ON1CCN(C(=O)[C@H](CCC(=O)O)NC(=O)c2cc(OCC(=O)N3CCC[C@H]3C(=O)NCCF)n(-c3ccccc3)n2)C[C@H]1C. The van der Waals surface area contributed by atoms with Crippen LogP contribution in [-0.2, 0) is 28.8 Å². The fourth-order valence-electron chi connectivity index (χ4n) is 5.67. The molecule has 3 N–H and O–H groups in total. The van der Waals surface area contributed by atoms with E-state index in [1.54, 1.807) is 44.2 Å². The van der Waals surface area contributed by atoms with Crippen molar-refractivity contribution in [1.29, 1.82) is 0 Å². The molecule has 2 aromatic rings. The van der Waals surface area contributed by atoms with Crippen molar-refractivity contribution >= 4 is 35.8 Å². The lowest BCUT2D eigenvalue weighted by atomic mass is 10.1. The van der Waals surface area contributed by atoms with Crippen molar-refractivity contribution in [3.63, 3.8) is 0 Å². The van der Waals surface area contributed by atoms with Gasteiger partial charge in [-0.1, -0.05) is 18.2 Å². The van der Waals surface area contributed by atoms with Crippen molar-refractivity contribution in [2.24, 2.45) is 0 Å². The Balaban J connectivity index is 1.48. The molecule has 0 unspecified atom stereocenters. The molecule has 1 aromatic heterocycles. The highest BCUT2D eigenvalue weighted by Gasteiger charge is 2.36. The molecule has 1 aromatic carbocycles. The van der Waals surface area contributed by atoms with Gasteiger partial charge in [0.05, 0.1) is 24.9 Å². The molecule has 18 heteroatoms. The Hall–Kier alpha value is -5.26. The molecule has 272 valence electrons. The van der Waals surface area contributed by atoms with E-state index in [9.17, 15) is 38.3 Å². The molecule has 4 amide bonds. The van der Waals surface area contributed by atoms with E-state index in [1.807, 2.05) is 0 Å². The maximum atomic E-state index is 13.6. The maximum Gasteiger partial charge on any atom is 0.527 e. The van der Waals surface area contributed by atoms with Crippen LogP contribution in [0.2, 0.25) is 0 Å². The van der Waals surface area contributed by atoms with Crippen LogP contribution in [0.5, 0.6) is 5.88 Å². The van der Waals surface area contributed by atoms with E-state index in [4.69, 9.17) is 14.3 Å². The smallest absolute Gasteiger partial charge is 0.481 e. The number of piperazine rings is 1. The average molecular weight is 704 g/mol. The summed E-state index contributed by atoms with van der Waals surface area (Å²) in [6.45, 7) is 2.87. The number of nitrogens with zero attached hydrogens (tertiary/aromatic N) is 5. The Kier molecular flexibility index (Phi) is 13.5. The van der Waals surface area contributed by atoms with Gasteiger partial charge in [0.25, 0.3) is 11.8 Å². The summed E-state index contributed by atoms with van der Waals surface area (Å²) in [5.41, 5.74) is 0.323. The molecule has 50 heavy (non-hydrogen) atoms. The number of amides is 4. The third-order valence-electron chi connectivity index (χ3n) is 8.11. The van der Waals surface area contributed by atoms with E-state index in [0.717, 1.165) is 0 Å². The minimum atomic E-state index is -1.23. The van der Waals surface area contributed by atoms with Crippen LogP contribution >= 0.6 is 0 Å². The molecule has 0 spiro atoms. The number of nitrogens with one attached hydrogen (secondary N) is 2. The fourth-order valence-corrected chi connectivity index (χ4v) is 5.67.